The summed E-state index contributed by atoms with van der Waals surface area (Å²) in [6, 6.07) is -4.61. The maximum Gasteiger partial charge on any atom is 0.326 e. The molecule has 0 aromatic rings. The summed E-state index contributed by atoms with van der Waals surface area (Å²) in [6.45, 7) is 3.20. The first-order valence-electron chi connectivity index (χ1n) is 10.1. The molecule has 0 bridgehead atoms. The van der Waals surface area contributed by atoms with Crippen LogP contribution in [0.4, 0.5) is 0 Å². The van der Waals surface area contributed by atoms with Gasteiger partial charge >= 0.3 is 5.97 Å². The highest BCUT2D eigenvalue weighted by Gasteiger charge is 2.29. The van der Waals surface area contributed by atoms with Crippen LogP contribution < -0.4 is 33.2 Å². The Morgan fingerprint density at radius 1 is 0.969 bits per heavy atom. The number of carbonyl (C=O) groups is 4. The molecule has 0 heterocycles. The van der Waals surface area contributed by atoms with E-state index >= 15 is 0 Å². The van der Waals surface area contributed by atoms with E-state index in [0.29, 0.717) is 6.42 Å². The second kappa shape index (κ2) is 15.3. The van der Waals surface area contributed by atoms with Crippen molar-refractivity contribution in [1.29, 1.82) is 0 Å². The third-order valence-corrected chi connectivity index (χ3v) is 4.61. The van der Waals surface area contributed by atoms with Gasteiger partial charge in [0.1, 0.15) is 24.2 Å². The number of nitrogens with zero attached hydrogens (tertiary/aromatic N) is 1. The monoisotopic (exact) mass is 477 g/mol. The first kappa shape index (κ1) is 29.4. The summed E-state index contributed by atoms with van der Waals surface area (Å²) in [7, 11) is 0. The molecule has 0 saturated carbocycles. The number of aliphatic hydroxyl groups is 1. The van der Waals surface area contributed by atoms with Crippen molar-refractivity contribution in [3.8, 4) is 0 Å². The van der Waals surface area contributed by atoms with Crippen molar-refractivity contribution < 1.29 is 29.4 Å². The van der Waals surface area contributed by atoms with Crippen molar-refractivity contribution in [1.82, 2.24) is 16.0 Å². The topological polar surface area (TPSA) is 235 Å². The number of nitrogens with one attached hydrogen (secondary N) is 3. The summed E-state index contributed by atoms with van der Waals surface area (Å²) >= 11 is 4.06. The molecule has 0 radical (unpaired) electrons. The van der Waals surface area contributed by atoms with Crippen LogP contribution in [-0.2, 0) is 19.2 Å². The lowest BCUT2D eigenvalue weighted by atomic mass is 10.0. The van der Waals surface area contributed by atoms with Gasteiger partial charge in [-0.2, -0.15) is 12.6 Å². The minimum Gasteiger partial charge on any atom is -0.480 e. The zero-order chi connectivity index (χ0) is 24.8. The van der Waals surface area contributed by atoms with Gasteiger partial charge in [0.25, 0.3) is 0 Å². The van der Waals surface area contributed by atoms with Crippen molar-refractivity contribution in [2.24, 2.45) is 28.1 Å². The molecule has 14 heteroatoms. The van der Waals surface area contributed by atoms with Gasteiger partial charge < -0.3 is 43.4 Å². The molecule has 32 heavy (non-hydrogen) atoms. The Labute approximate surface area is 192 Å². The number of thiol groups is 1. The Hall–Kier alpha value is -2.58. The van der Waals surface area contributed by atoms with E-state index < -0.39 is 54.5 Å². The van der Waals surface area contributed by atoms with E-state index in [0.717, 1.165) is 0 Å². The van der Waals surface area contributed by atoms with Crippen LogP contribution in [0.2, 0.25) is 0 Å². The zero-order valence-corrected chi connectivity index (χ0v) is 19.2. The lowest BCUT2D eigenvalue weighted by Crippen LogP contribution is -2.58. The van der Waals surface area contributed by atoms with E-state index in [1.807, 2.05) is 13.8 Å². The number of aliphatic imine (C=N–C) groups is 1. The van der Waals surface area contributed by atoms with Crippen LogP contribution in [0, 0.1) is 5.92 Å². The average Bonchev–Trinajstić information content (AvgIpc) is 2.71. The van der Waals surface area contributed by atoms with Gasteiger partial charge in [0.15, 0.2) is 5.96 Å². The summed E-state index contributed by atoms with van der Waals surface area (Å²) < 4.78 is 0. The molecular formula is C18H35N7O6S. The molecular weight excluding hydrogens is 442 g/mol. The minimum absolute atomic E-state index is 0.0148. The van der Waals surface area contributed by atoms with Gasteiger partial charge in [0, 0.05) is 12.3 Å². The molecule has 0 fully saturated rings. The van der Waals surface area contributed by atoms with Gasteiger partial charge in [-0.25, -0.2) is 4.79 Å². The van der Waals surface area contributed by atoms with Crippen molar-refractivity contribution >= 4 is 42.3 Å². The third-order valence-electron chi connectivity index (χ3n) is 4.25. The summed E-state index contributed by atoms with van der Waals surface area (Å²) in [5, 5.41) is 25.6. The molecule has 0 aromatic heterocycles. The van der Waals surface area contributed by atoms with E-state index in [1.54, 1.807) is 0 Å². The normalized spacial score (nSPS) is 14.6. The molecule has 0 aliphatic rings. The number of carbonyl (C=O) groups excluding carboxylic acids is 3. The van der Waals surface area contributed by atoms with Gasteiger partial charge in [0.2, 0.25) is 17.7 Å². The molecule has 3 amide bonds. The number of hydrogen-bond donors (Lipinski definition) is 9. The van der Waals surface area contributed by atoms with Crippen LogP contribution >= 0.6 is 12.6 Å². The largest absolute Gasteiger partial charge is 0.480 e. The smallest absolute Gasteiger partial charge is 0.326 e. The number of hydrogen-bond acceptors (Lipinski definition) is 8. The lowest BCUT2D eigenvalue weighted by Gasteiger charge is -2.24. The number of carboxylic acid groups (broad SMARTS) is 1. The number of guanidine groups is 1. The number of carboxylic acids is 1. The zero-order valence-electron chi connectivity index (χ0n) is 18.3. The fourth-order valence-corrected chi connectivity index (χ4v) is 2.82. The summed E-state index contributed by atoms with van der Waals surface area (Å²) in [5.74, 6) is -3.61. The standard InChI is InChI=1S/C18H35N7O6S/c1-9(2)6-12(17(30)31)24-16(29)13(8-32)25-15(28)11(4-3-5-22-18(20)21)23-14(27)10(19)7-26/h9-13,26,32H,3-8,19H2,1-2H3,(H,23,27)(H,24,29)(H,25,28)(H,30,31)(H4,20,21,22). The fraction of sp³-hybridized carbons (Fsp3) is 0.722. The second-order valence-electron chi connectivity index (χ2n) is 7.57. The van der Waals surface area contributed by atoms with Crippen LogP contribution in [0.3, 0.4) is 0 Å². The van der Waals surface area contributed by atoms with Gasteiger partial charge in [-0.3, -0.25) is 19.4 Å². The Kier molecular flexibility index (Phi) is 14.0. The quantitative estimate of drug-likeness (QED) is 0.0501. The van der Waals surface area contributed by atoms with E-state index in [2.05, 4.69) is 33.6 Å². The summed E-state index contributed by atoms with van der Waals surface area (Å²) in [4.78, 5) is 52.5. The number of aliphatic hydroxyl groups excluding tert-OH is 1. The van der Waals surface area contributed by atoms with E-state index in [4.69, 9.17) is 22.3 Å². The molecule has 0 aromatic carbocycles. The SMILES string of the molecule is CC(C)CC(NC(=O)C(CS)NC(=O)C(CCCN=C(N)N)NC(=O)C(N)CO)C(=O)O. The molecule has 0 aliphatic carbocycles. The summed E-state index contributed by atoms with van der Waals surface area (Å²) in [6.07, 6.45) is 0.632. The van der Waals surface area contributed by atoms with Gasteiger partial charge in [-0.15, -0.1) is 0 Å². The number of amides is 3. The Bertz CT molecular complexity index is 672. The number of nitrogens with two attached hydrogens (primary N) is 3. The Balaban J connectivity index is 5.26. The van der Waals surface area contributed by atoms with E-state index in [1.165, 1.54) is 0 Å². The molecule has 184 valence electrons. The van der Waals surface area contributed by atoms with Crippen molar-refractivity contribution in [2.45, 2.75) is 57.3 Å². The molecule has 0 rings (SSSR count). The van der Waals surface area contributed by atoms with Crippen LogP contribution in [0.15, 0.2) is 4.99 Å². The van der Waals surface area contributed by atoms with E-state index in [-0.39, 0.29) is 37.0 Å². The Morgan fingerprint density at radius 2 is 1.50 bits per heavy atom. The molecule has 0 spiro atoms. The van der Waals surface area contributed by atoms with Gasteiger partial charge in [-0.05, 0) is 25.2 Å². The van der Waals surface area contributed by atoms with Crippen LogP contribution in [0.25, 0.3) is 0 Å². The van der Waals surface area contributed by atoms with Crippen molar-refractivity contribution in [3.05, 3.63) is 0 Å². The van der Waals surface area contributed by atoms with Gasteiger partial charge in [0.05, 0.1) is 6.61 Å². The van der Waals surface area contributed by atoms with Crippen LogP contribution in [0.5, 0.6) is 0 Å². The van der Waals surface area contributed by atoms with E-state index in [9.17, 15) is 24.3 Å². The first-order chi connectivity index (χ1) is 14.9. The highest BCUT2D eigenvalue weighted by molar-refractivity contribution is 7.80. The van der Waals surface area contributed by atoms with Gasteiger partial charge in [-0.1, -0.05) is 13.8 Å². The maximum atomic E-state index is 12.7. The Morgan fingerprint density at radius 3 is 1.97 bits per heavy atom. The first-order valence-corrected chi connectivity index (χ1v) is 10.7. The fourth-order valence-electron chi connectivity index (χ4n) is 2.57. The summed E-state index contributed by atoms with van der Waals surface area (Å²) in [5.41, 5.74) is 16.0. The predicted octanol–water partition coefficient (Wildman–Crippen LogP) is -3.13. The maximum absolute atomic E-state index is 12.7. The molecule has 0 aliphatic heterocycles. The van der Waals surface area contributed by atoms with Crippen LogP contribution in [0.1, 0.15) is 33.1 Å². The molecule has 11 N–H and O–H groups in total. The van der Waals surface area contributed by atoms with Crippen molar-refractivity contribution in [2.75, 3.05) is 18.9 Å². The van der Waals surface area contributed by atoms with Crippen LogP contribution in [-0.4, -0.2) is 82.9 Å². The number of aliphatic carboxylic acids is 1. The molecule has 13 nitrogen and oxygen atoms in total. The third kappa shape index (κ3) is 11.7. The number of rotatable bonds is 15. The predicted molar refractivity (Wildman–Crippen MR) is 122 cm³/mol. The molecule has 0 saturated heterocycles. The average molecular weight is 478 g/mol. The highest BCUT2D eigenvalue weighted by atomic mass is 32.1. The molecule has 4 atom stereocenters. The lowest BCUT2D eigenvalue weighted by molar-refractivity contribution is -0.142. The molecule has 4 unspecified atom stereocenters. The highest BCUT2D eigenvalue weighted by Crippen LogP contribution is 2.06. The minimum atomic E-state index is -1.24. The van der Waals surface area contributed by atoms with Crippen molar-refractivity contribution in [3.63, 3.8) is 0 Å². The second-order valence-corrected chi connectivity index (χ2v) is 7.94.